The van der Waals surface area contributed by atoms with Crippen LogP contribution in [0.3, 0.4) is 0 Å². The maximum absolute atomic E-state index is 5.58. The summed E-state index contributed by atoms with van der Waals surface area (Å²) in [6.07, 6.45) is 2.53. The first-order chi connectivity index (χ1) is 6.16. The fraction of sp³-hybridized carbons (Fsp3) is 0.909. The minimum atomic E-state index is 0. The van der Waals surface area contributed by atoms with Crippen molar-refractivity contribution >= 4 is 5.90 Å². The van der Waals surface area contributed by atoms with Gasteiger partial charge in [0.25, 0.3) is 0 Å². The normalized spacial score (nSPS) is 21.1. The molecule has 0 fully saturated rings. The first-order valence-electron chi connectivity index (χ1n) is 5.39. The van der Waals surface area contributed by atoms with Gasteiger partial charge in [-0.2, -0.15) is 4.58 Å². The van der Waals surface area contributed by atoms with Crippen molar-refractivity contribution in [1.29, 1.82) is 0 Å². The third-order valence-electron chi connectivity index (χ3n) is 2.79. The monoisotopic (exact) mass is 263 g/mol. The van der Waals surface area contributed by atoms with Gasteiger partial charge in [0.1, 0.15) is 6.54 Å². The molecule has 0 amide bonds. The number of rotatable bonds is 4. The highest BCUT2D eigenvalue weighted by Gasteiger charge is 2.33. The maximum Gasteiger partial charge on any atom is 0.333 e. The summed E-state index contributed by atoms with van der Waals surface area (Å²) in [5.74, 6) is 1.81. The van der Waals surface area contributed by atoms with Crippen LogP contribution in [0.1, 0.15) is 40.5 Å². The molecule has 2 nitrogen and oxygen atoms in total. The molecule has 84 valence electrons. The van der Waals surface area contributed by atoms with E-state index in [1.54, 1.807) is 0 Å². The average Bonchev–Trinajstić information content (AvgIpc) is 2.43. The van der Waals surface area contributed by atoms with Crippen molar-refractivity contribution in [1.82, 2.24) is 0 Å². The number of hydrogen-bond donors (Lipinski definition) is 0. The molecule has 3 heteroatoms. The zero-order valence-electron chi connectivity index (χ0n) is 9.72. The molecule has 1 aliphatic heterocycles. The summed E-state index contributed by atoms with van der Waals surface area (Å²) in [5.41, 5.74) is 0. The minimum Gasteiger partial charge on any atom is -1.00 e. The molecule has 1 atom stereocenters. The van der Waals surface area contributed by atoms with E-state index < -0.39 is 0 Å². The van der Waals surface area contributed by atoms with Crippen molar-refractivity contribution in [3.63, 3.8) is 0 Å². The van der Waals surface area contributed by atoms with Crippen molar-refractivity contribution in [3.8, 4) is 0 Å². The number of unbranched alkanes of at least 4 members (excludes halogenated alkanes) is 1. The SMILES string of the molecule is CCCC[N+]1=C(C)OC[C@@H]1C(C)C.[Br-]. The Kier molecular flexibility index (Phi) is 6.41. The molecule has 1 rings (SSSR count). The van der Waals surface area contributed by atoms with Crippen LogP contribution in [0.5, 0.6) is 0 Å². The first-order valence-corrected chi connectivity index (χ1v) is 5.39. The summed E-state index contributed by atoms with van der Waals surface area (Å²) in [7, 11) is 0. The van der Waals surface area contributed by atoms with Gasteiger partial charge in [-0.05, 0) is 0 Å². The molecule has 0 aromatic carbocycles. The quantitative estimate of drug-likeness (QED) is 0.610. The Morgan fingerprint density at radius 2 is 2.14 bits per heavy atom. The minimum absolute atomic E-state index is 0. The molecule has 0 saturated carbocycles. The van der Waals surface area contributed by atoms with E-state index in [2.05, 4.69) is 32.3 Å². The Balaban J connectivity index is 0.00000169. The molecule has 0 bridgehead atoms. The van der Waals surface area contributed by atoms with Gasteiger partial charge in [0, 0.05) is 12.3 Å². The van der Waals surface area contributed by atoms with Gasteiger partial charge >= 0.3 is 5.90 Å². The predicted molar refractivity (Wildman–Crippen MR) is 55.3 cm³/mol. The highest BCUT2D eigenvalue weighted by molar-refractivity contribution is 5.68. The van der Waals surface area contributed by atoms with Crippen molar-refractivity contribution in [2.24, 2.45) is 5.92 Å². The van der Waals surface area contributed by atoms with Gasteiger partial charge in [0.05, 0.1) is 6.92 Å². The van der Waals surface area contributed by atoms with E-state index in [1.165, 1.54) is 12.8 Å². The average molecular weight is 264 g/mol. The smallest absolute Gasteiger partial charge is 0.333 e. The molecule has 0 aromatic heterocycles. The van der Waals surface area contributed by atoms with Gasteiger partial charge < -0.3 is 21.7 Å². The molecule has 0 unspecified atom stereocenters. The van der Waals surface area contributed by atoms with Crippen molar-refractivity contribution in [2.45, 2.75) is 46.6 Å². The van der Waals surface area contributed by atoms with Crippen LogP contribution < -0.4 is 17.0 Å². The van der Waals surface area contributed by atoms with E-state index in [9.17, 15) is 0 Å². The second-order valence-electron chi connectivity index (χ2n) is 4.19. The Morgan fingerprint density at radius 1 is 1.50 bits per heavy atom. The number of hydrogen-bond acceptors (Lipinski definition) is 1. The highest BCUT2D eigenvalue weighted by atomic mass is 79.9. The Hall–Kier alpha value is -0.0500. The van der Waals surface area contributed by atoms with E-state index in [1.807, 2.05) is 0 Å². The lowest BCUT2D eigenvalue weighted by molar-refractivity contribution is -0.563. The molecule has 1 aliphatic rings. The fourth-order valence-corrected chi connectivity index (χ4v) is 1.82. The van der Waals surface area contributed by atoms with Crippen LogP contribution in [-0.4, -0.2) is 29.7 Å². The number of nitrogens with zero attached hydrogens (tertiary/aromatic N) is 1. The molecule has 0 saturated heterocycles. The van der Waals surface area contributed by atoms with E-state index >= 15 is 0 Å². The Labute approximate surface area is 98.1 Å². The molecule has 0 radical (unpaired) electrons. The lowest BCUT2D eigenvalue weighted by atomic mass is 10.1. The molecule has 0 aromatic rings. The topological polar surface area (TPSA) is 12.2 Å². The zero-order valence-corrected chi connectivity index (χ0v) is 11.3. The fourth-order valence-electron chi connectivity index (χ4n) is 1.82. The maximum atomic E-state index is 5.58. The van der Waals surface area contributed by atoms with Gasteiger partial charge in [-0.25, -0.2) is 0 Å². The van der Waals surface area contributed by atoms with Crippen molar-refractivity contribution in [3.05, 3.63) is 0 Å². The van der Waals surface area contributed by atoms with Crippen LogP contribution in [0.15, 0.2) is 0 Å². The molecular weight excluding hydrogens is 242 g/mol. The van der Waals surface area contributed by atoms with Crippen LogP contribution in [0.25, 0.3) is 0 Å². The van der Waals surface area contributed by atoms with Crippen LogP contribution in [0, 0.1) is 5.92 Å². The van der Waals surface area contributed by atoms with Crippen LogP contribution in [0.4, 0.5) is 0 Å². The molecule has 1 heterocycles. The summed E-state index contributed by atoms with van der Waals surface area (Å²) < 4.78 is 8.00. The third kappa shape index (κ3) is 3.26. The molecule has 0 aliphatic carbocycles. The van der Waals surface area contributed by atoms with E-state index in [-0.39, 0.29) is 17.0 Å². The summed E-state index contributed by atoms with van der Waals surface area (Å²) in [6.45, 7) is 10.9. The summed E-state index contributed by atoms with van der Waals surface area (Å²) >= 11 is 0. The predicted octanol–water partition coefficient (Wildman–Crippen LogP) is -0.724. The molecular formula is C11H22BrNO. The van der Waals surface area contributed by atoms with Gasteiger partial charge in [-0.1, -0.05) is 27.2 Å². The Bertz CT molecular complexity index is 201. The second kappa shape index (κ2) is 6.44. The molecule has 14 heavy (non-hydrogen) atoms. The van der Waals surface area contributed by atoms with Crippen LogP contribution >= 0.6 is 0 Å². The summed E-state index contributed by atoms with van der Waals surface area (Å²) in [6, 6.07) is 0.603. The van der Waals surface area contributed by atoms with E-state index in [0.717, 1.165) is 19.0 Å². The van der Waals surface area contributed by atoms with E-state index in [0.29, 0.717) is 12.0 Å². The Morgan fingerprint density at radius 3 is 2.64 bits per heavy atom. The summed E-state index contributed by atoms with van der Waals surface area (Å²) in [4.78, 5) is 0. The molecule has 0 spiro atoms. The lowest BCUT2D eigenvalue weighted by Crippen LogP contribution is -3.00. The van der Waals surface area contributed by atoms with Crippen molar-refractivity contribution < 1.29 is 26.3 Å². The standard InChI is InChI=1S/C11H22NO.BrH/c1-5-6-7-12-10(4)13-8-11(12)9(2)3;/h9,11H,5-8H2,1-4H3;1H/q+1;/p-1/t11-;/m1./s1. The van der Waals surface area contributed by atoms with Crippen molar-refractivity contribution in [2.75, 3.05) is 13.2 Å². The van der Waals surface area contributed by atoms with E-state index in [4.69, 9.17) is 4.74 Å². The highest BCUT2D eigenvalue weighted by Crippen LogP contribution is 2.14. The van der Waals surface area contributed by atoms with Gasteiger partial charge in [0.2, 0.25) is 0 Å². The zero-order chi connectivity index (χ0) is 9.84. The van der Waals surface area contributed by atoms with Gasteiger partial charge in [-0.15, -0.1) is 0 Å². The second-order valence-corrected chi connectivity index (χ2v) is 4.19. The third-order valence-corrected chi connectivity index (χ3v) is 2.79. The number of ether oxygens (including phenoxy) is 1. The summed E-state index contributed by atoms with van der Waals surface area (Å²) in [5, 5.41) is 0. The lowest BCUT2D eigenvalue weighted by Gasteiger charge is -2.11. The number of halogens is 1. The van der Waals surface area contributed by atoms with Crippen LogP contribution in [-0.2, 0) is 4.74 Å². The largest absolute Gasteiger partial charge is 1.00 e. The van der Waals surface area contributed by atoms with Gasteiger partial charge in [0.15, 0.2) is 12.6 Å². The molecule has 0 N–H and O–H groups in total. The van der Waals surface area contributed by atoms with Crippen LogP contribution in [0.2, 0.25) is 0 Å². The first kappa shape index (κ1) is 13.9. The van der Waals surface area contributed by atoms with Gasteiger partial charge in [-0.3, -0.25) is 0 Å².